The molecule has 0 amide bonds. The van der Waals surface area contributed by atoms with Crippen LogP contribution in [0.5, 0.6) is 0 Å². The Morgan fingerprint density at radius 2 is 2.20 bits per heavy atom. The van der Waals surface area contributed by atoms with Crippen molar-refractivity contribution in [3.8, 4) is 0 Å². The molecule has 0 N–H and O–H groups in total. The normalized spacial score (nSPS) is 11.9. The van der Waals surface area contributed by atoms with E-state index < -0.39 is 0 Å². The van der Waals surface area contributed by atoms with Crippen molar-refractivity contribution in [3.05, 3.63) is 40.4 Å². The van der Waals surface area contributed by atoms with E-state index in [0.717, 1.165) is 28.4 Å². The Bertz CT molecular complexity index is 372. The monoisotopic (exact) mass is 267 g/mol. The third kappa shape index (κ3) is 3.98. The molecule has 0 aromatic heterocycles. The highest BCUT2D eigenvalue weighted by Gasteiger charge is 2.00. The Morgan fingerprint density at radius 1 is 1.47 bits per heavy atom. The van der Waals surface area contributed by atoms with Crippen molar-refractivity contribution in [2.45, 2.75) is 0 Å². The summed E-state index contributed by atoms with van der Waals surface area (Å²) in [6.45, 7) is 0.764. The van der Waals surface area contributed by atoms with E-state index in [2.05, 4.69) is 15.9 Å². The van der Waals surface area contributed by atoms with E-state index in [1.54, 1.807) is 0 Å². The highest BCUT2D eigenvalue weighted by atomic mass is 79.9. The highest BCUT2D eigenvalue weighted by Crippen LogP contribution is 2.17. The average Bonchev–Trinajstić information content (AvgIpc) is 2.18. The molecule has 0 saturated heterocycles. The quantitative estimate of drug-likeness (QED) is 0.618. The molecule has 15 heavy (non-hydrogen) atoms. The van der Waals surface area contributed by atoms with Crippen LogP contribution >= 0.6 is 15.9 Å². The number of halogens is 1. The lowest BCUT2D eigenvalue weighted by atomic mass is 10.1. The second kappa shape index (κ2) is 5.83. The molecule has 0 aliphatic rings. The second-order valence-corrected chi connectivity index (χ2v) is 4.47. The van der Waals surface area contributed by atoms with Gasteiger partial charge in [0.2, 0.25) is 0 Å². The summed E-state index contributed by atoms with van der Waals surface area (Å²) >= 11 is 3.39. The summed E-state index contributed by atoms with van der Waals surface area (Å²) < 4.78 is 0.984. The molecule has 0 unspecified atom stereocenters. The number of aldehydes is 1. The lowest BCUT2D eigenvalue weighted by Gasteiger charge is -2.06. The summed E-state index contributed by atoms with van der Waals surface area (Å²) in [6.07, 6.45) is 2.82. The average molecular weight is 268 g/mol. The summed E-state index contributed by atoms with van der Waals surface area (Å²) in [7, 11) is 3.94. The van der Waals surface area contributed by atoms with Gasteiger partial charge in [0.15, 0.2) is 0 Å². The molecule has 0 aliphatic carbocycles. The molecule has 3 heteroatoms. The lowest BCUT2D eigenvalue weighted by molar-refractivity contribution is -0.103. The number of likely N-dealkylation sites (N-methyl/N-ethyl adjacent to an activating group) is 1. The topological polar surface area (TPSA) is 20.3 Å². The van der Waals surface area contributed by atoms with Crippen molar-refractivity contribution in [2.75, 3.05) is 20.6 Å². The highest BCUT2D eigenvalue weighted by molar-refractivity contribution is 9.10. The lowest BCUT2D eigenvalue weighted by Crippen LogP contribution is -2.11. The van der Waals surface area contributed by atoms with Crippen LogP contribution in [0.2, 0.25) is 0 Å². The van der Waals surface area contributed by atoms with Gasteiger partial charge in [-0.05, 0) is 31.8 Å². The molecule has 1 aromatic rings. The van der Waals surface area contributed by atoms with Crippen LogP contribution in [0.25, 0.3) is 5.57 Å². The summed E-state index contributed by atoms with van der Waals surface area (Å²) in [4.78, 5) is 12.9. The smallest absolute Gasteiger partial charge is 0.150 e. The van der Waals surface area contributed by atoms with Gasteiger partial charge in [-0.3, -0.25) is 4.79 Å². The number of carbonyl (C=O) groups is 1. The number of hydrogen-bond donors (Lipinski definition) is 0. The minimum atomic E-state index is 0.727. The standard InChI is InChI=1S/C12H14BrNO/c1-14(2)7-6-11(9-15)10-4-3-5-12(13)8-10/h3-6,8-9H,7H2,1-2H3/b11-6-. The van der Waals surface area contributed by atoms with Gasteiger partial charge in [-0.15, -0.1) is 0 Å². The zero-order chi connectivity index (χ0) is 11.3. The fraction of sp³-hybridized carbons (Fsp3) is 0.250. The van der Waals surface area contributed by atoms with Crippen LogP contribution in [0.1, 0.15) is 5.56 Å². The van der Waals surface area contributed by atoms with Crippen molar-refractivity contribution in [1.29, 1.82) is 0 Å². The van der Waals surface area contributed by atoms with E-state index in [1.807, 2.05) is 49.3 Å². The third-order valence-electron chi connectivity index (χ3n) is 1.96. The first-order valence-electron chi connectivity index (χ1n) is 4.69. The van der Waals surface area contributed by atoms with Gasteiger partial charge in [0.05, 0.1) is 0 Å². The van der Waals surface area contributed by atoms with E-state index >= 15 is 0 Å². The van der Waals surface area contributed by atoms with Gasteiger partial charge < -0.3 is 4.90 Å². The first-order valence-corrected chi connectivity index (χ1v) is 5.49. The molecule has 1 aromatic carbocycles. The van der Waals surface area contributed by atoms with Crippen molar-refractivity contribution < 1.29 is 4.79 Å². The number of hydrogen-bond acceptors (Lipinski definition) is 2. The summed E-state index contributed by atoms with van der Waals surface area (Å²) in [5.74, 6) is 0. The fourth-order valence-corrected chi connectivity index (χ4v) is 1.58. The van der Waals surface area contributed by atoms with Crippen LogP contribution in [0, 0.1) is 0 Å². The Hall–Kier alpha value is -0.930. The van der Waals surface area contributed by atoms with Gasteiger partial charge in [0, 0.05) is 16.6 Å². The van der Waals surface area contributed by atoms with Crippen molar-refractivity contribution in [3.63, 3.8) is 0 Å². The molecular formula is C12H14BrNO. The van der Waals surface area contributed by atoms with E-state index in [4.69, 9.17) is 0 Å². The Kier molecular flexibility index (Phi) is 4.72. The molecule has 0 aliphatic heterocycles. The molecule has 2 nitrogen and oxygen atoms in total. The molecule has 0 heterocycles. The summed E-state index contributed by atoms with van der Waals surface area (Å²) in [6, 6.07) is 7.74. The van der Waals surface area contributed by atoms with Crippen molar-refractivity contribution in [2.24, 2.45) is 0 Å². The summed E-state index contributed by atoms with van der Waals surface area (Å²) in [5, 5.41) is 0. The molecule has 80 valence electrons. The molecule has 0 atom stereocenters. The Labute approximate surface area is 98.7 Å². The Morgan fingerprint density at radius 3 is 2.73 bits per heavy atom. The minimum absolute atomic E-state index is 0.727. The molecule has 0 radical (unpaired) electrons. The van der Waals surface area contributed by atoms with Crippen LogP contribution < -0.4 is 0 Å². The molecule has 0 bridgehead atoms. The van der Waals surface area contributed by atoms with Crippen LogP contribution in [0.15, 0.2) is 34.8 Å². The van der Waals surface area contributed by atoms with Gasteiger partial charge in [-0.1, -0.05) is 34.1 Å². The van der Waals surface area contributed by atoms with E-state index in [-0.39, 0.29) is 0 Å². The third-order valence-corrected chi connectivity index (χ3v) is 2.45. The van der Waals surface area contributed by atoms with Gasteiger partial charge in [0.25, 0.3) is 0 Å². The van der Waals surface area contributed by atoms with Crippen molar-refractivity contribution >= 4 is 27.8 Å². The number of benzene rings is 1. The largest absolute Gasteiger partial charge is 0.306 e. The van der Waals surface area contributed by atoms with E-state index in [1.165, 1.54) is 0 Å². The summed E-state index contributed by atoms with van der Waals surface area (Å²) in [5.41, 5.74) is 1.67. The molecular weight excluding hydrogens is 254 g/mol. The van der Waals surface area contributed by atoms with Crippen LogP contribution in [0.4, 0.5) is 0 Å². The maximum atomic E-state index is 10.9. The van der Waals surface area contributed by atoms with Gasteiger partial charge >= 0.3 is 0 Å². The number of allylic oxidation sites excluding steroid dienone is 1. The molecule has 1 rings (SSSR count). The molecule has 0 fully saturated rings. The minimum Gasteiger partial charge on any atom is -0.306 e. The number of nitrogens with zero attached hydrogens (tertiary/aromatic N) is 1. The first-order chi connectivity index (χ1) is 7.13. The zero-order valence-electron chi connectivity index (χ0n) is 8.90. The SMILES string of the molecule is CN(C)C/C=C(/C=O)c1cccc(Br)c1. The maximum Gasteiger partial charge on any atom is 0.150 e. The molecule has 0 saturated carbocycles. The molecule has 0 spiro atoms. The van der Waals surface area contributed by atoms with Gasteiger partial charge in [0.1, 0.15) is 6.29 Å². The van der Waals surface area contributed by atoms with Crippen LogP contribution in [-0.2, 0) is 4.79 Å². The van der Waals surface area contributed by atoms with Crippen molar-refractivity contribution in [1.82, 2.24) is 4.90 Å². The Balaban J connectivity index is 2.92. The van der Waals surface area contributed by atoms with Crippen LogP contribution in [-0.4, -0.2) is 31.8 Å². The number of rotatable bonds is 4. The van der Waals surface area contributed by atoms with Crippen LogP contribution in [0.3, 0.4) is 0 Å². The van der Waals surface area contributed by atoms with Gasteiger partial charge in [-0.25, -0.2) is 0 Å². The first kappa shape index (κ1) is 12.1. The maximum absolute atomic E-state index is 10.9. The predicted octanol–water partition coefficient (Wildman–Crippen LogP) is 2.59. The number of carbonyl (C=O) groups excluding carboxylic acids is 1. The van der Waals surface area contributed by atoms with E-state index in [0.29, 0.717) is 0 Å². The second-order valence-electron chi connectivity index (χ2n) is 3.55. The zero-order valence-corrected chi connectivity index (χ0v) is 10.5. The van der Waals surface area contributed by atoms with Gasteiger partial charge in [-0.2, -0.15) is 0 Å². The predicted molar refractivity (Wildman–Crippen MR) is 66.7 cm³/mol. The van der Waals surface area contributed by atoms with E-state index in [9.17, 15) is 4.79 Å². The fourth-order valence-electron chi connectivity index (χ4n) is 1.18.